The van der Waals surface area contributed by atoms with Crippen molar-refractivity contribution in [2.75, 3.05) is 31.6 Å². The smallest absolute Gasteiger partial charge is 0.220 e. The minimum atomic E-state index is -0.220. The van der Waals surface area contributed by atoms with Crippen molar-refractivity contribution in [2.45, 2.75) is 96.1 Å². The van der Waals surface area contributed by atoms with Crippen molar-refractivity contribution in [1.82, 2.24) is 10.6 Å². The molecule has 3 aromatic rings. The maximum Gasteiger partial charge on any atom is 0.220 e. The number of halogens is 1. The van der Waals surface area contributed by atoms with Crippen molar-refractivity contribution >= 4 is 56.8 Å². The average Bonchev–Trinajstić information content (AvgIpc) is 3.21. The molecular weight excluding hydrogens is 787 g/mol. The van der Waals surface area contributed by atoms with Gasteiger partial charge in [0.15, 0.2) is 5.78 Å². The summed E-state index contributed by atoms with van der Waals surface area (Å²) in [4.78, 5) is 35.1. The van der Waals surface area contributed by atoms with Crippen LogP contribution in [0.4, 0.5) is 10.1 Å². The fourth-order valence-corrected chi connectivity index (χ4v) is 8.70. The van der Waals surface area contributed by atoms with Crippen LogP contribution in [-0.2, 0) is 27.9 Å². The number of amides is 1. The Hall–Kier alpha value is -4.00. The predicted octanol–water partition coefficient (Wildman–Crippen LogP) is 9.10. The molecule has 3 aromatic carbocycles. The number of carbonyl (C=O) groups is 3. The molecule has 0 aliphatic heterocycles. The van der Waals surface area contributed by atoms with Crippen LogP contribution in [0.3, 0.4) is 0 Å². The second kappa shape index (κ2) is 26.8. The number of aldehydes is 1. The molecule has 4 rings (SSSR count). The van der Waals surface area contributed by atoms with Crippen LogP contribution in [0.2, 0.25) is 5.32 Å². The molecule has 56 heavy (non-hydrogen) atoms. The van der Waals surface area contributed by atoms with Crippen molar-refractivity contribution in [2.24, 2.45) is 5.92 Å². The number of anilines is 1. The molecule has 2 unspecified atom stereocenters. The molecule has 2 bridgehead atoms. The van der Waals surface area contributed by atoms with Crippen LogP contribution in [0.25, 0.3) is 5.57 Å². The molecule has 7 nitrogen and oxygen atoms in total. The van der Waals surface area contributed by atoms with E-state index in [0.29, 0.717) is 51.6 Å². The summed E-state index contributed by atoms with van der Waals surface area (Å²) >= 11 is 5.05. The van der Waals surface area contributed by atoms with E-state index in [2.05, 4.69) is 68.0 Å². The zero-order valence-electron chi connectivity index (χ0n) is 34.3. The van der Waals surface area contributed by atoms with Gasteiger partial charge >= 0.3 is 176 Å². The summed E-state index contributed by atoms with van der Waals surface area (Å²) in [6, 6.07) is 19.8. The van der Waals surface area contributed by atoms with E-state index in [-0.39, 0.29) is 23.4 Å². The molecule has 1 aliphatic carbocycles. The number of benzene rings is 3. The molecule has 0 saturated heterocycles. The number of carbonyl (C=O) groups excluding carboxylic acids is 3. The van der Waals surface area contributed by atoms with Crippen LogP contribution in [0.1, 0.15) is 104 Å². The summed E-state index contributed by atoms with van der Waals surface area (Å²) in [6.45, 7) is 15.4. The van der Waals surface area contributed by atoms with Gasteiger partial charge in [0.1, 0.15) is 6.29 Å². The number of allylic oxidation sites excluding steroid dienone is 4. The Morgan fingerprint density at radius 1 is 1.09 bits per heavy atom. The first-order valence-corrected chi connectivity index (χ1v) is 22.6. The second-order valence-electron chi connectivity index (χ2n) is 13.7. The van der Waals surface area contributed by atoms with E-state index in [1.165, 1.54) is 6.42 Å². The van der Waals surface area contributed by atoms with Crippen molar-refractivity contribution in [1.29, 1.82) is 5.26 Å². The van der Waals surface area contributed by atoms with Gasteiger partial charge in [-0.05, 0) is 29.2 Å². The van der Waals surface area contributed by atoms with Gasteiger partial charge in [0, 0.05) is 37.8 Å². The van der Waals surface area contributed by atoms with Crippen LogP contribution in [0, 0.1) is 30.0 Å². The van der Waals surface area contributed by atoms with E-state index in [9.17, 15) is 19.6 Å². The van der Waals surface area contributed by atoms with Crippen molar-refractivity contribution in [3.8, 4) is 6.07 Å². The van der Waals surface area contributed by atoms with Gasteiger partial charge in [-0.1, -0.05) is 63.6 Å². The maximum atomic E-state index is 15.4. The number of Topliss-reactive ketones (excluding diaryl/α,β-unsaturated/α-hetero) is 1. The third-order valence-corrected chi connectivity index (χ3v) is 12.7. The third kappa shape index (κ3) is 15.9. The number of rotatable bonds is 17. The number of nitriles is 1. The summed E-state index contributed by atoms with van der Waals surface area (Å²) in [6.07, 6.45) is 9.97. The van der Waals surface area contributed by atoms with Gasteiger partial charge in [-0.3, -0.25) is 9.59 Å². The third-order valence-electron chi connectivity index (χ3n) is 9.21. The van der Waals surface area contributed by atoms with Gasteiger partial charge in [-0.15, -0.1) is 0 Å². The van der Waals surface area contributed by atoms with E-state index in [1.807, 2.05) is 74.5 Å². The molecule has 0 aromatic heterocycles. The number of ketones is 1. The van der Waals surface area contributed by atoms with Crippen molar-refractivity contribution in [3.63, 3.8) is 0 Å². The van der Waals surface area contributed by atoms with E-state index in [0.717, 1.165) is 87.6 Å². The minimum Gasteiger partial charge on any atom is -0.359 e. The van der Waals surface area contributed by atoms with Gasteiger partial charge in [0.2, 0.25) is 5.91 Å². The molecule has 0 heterocycles. The molecule has 2 N–H and O–H groups in total. The number of thiol groups is 1. The number of hydrogen-bond donors (Lipinski definition) is 3. The monoisotopic (exact) mass is 848 g/mol. The van der Waals surface area contributed by atoms with Gasteiger partial charge in [0.25, 0.3) is 0 Å². The fourth-order valence-electron chi connectivity index (χ4n) is 5.87. The molecule has 10 heteroatoms. The maximum absolute atomic E-state index is 15.4. The fraction of sp³-hybridized carbons (Fsp3) is 0.435. The first-order chi connectivity index (χ1) is 27.0. The zero-order valence-corrected chi connectivity index (χ0v) is 36.9. The predicted molar refractivity (Wildman–Crippen MR) is 235 cm³/mol. The van der Waals surface area contributed by atoms with Gasteiger partial charge in [-0.25, -0.2) is 4.39 Å². The normalized spacial score (nSPS) is 14.5. The van der Waals surface area contributed by atoms with Gasteiger partial charge in [-0.2, -0.15) is 0 Å². The van der Waals surface area contributed by atoms with E-state index < -0.39 is 0 Å². The minimum absolute atomic E-state index is 0.0860. The first kappa shape index (κ1) is 48.1. The Kier molecular flexibility index (Phi) is 23.0. The number of likely N-dealkylation sites (N-methyl/N-ethyl adjacent to an activating group) is 1. The number of hydrogen-bond acceptors (Lipinski definition) is 7. The van der Waals surface area contributed by atoms with Gasteiger partial charge in [0.05, 0.1) is 0 Å². The topological polar surface area (TPSA) is 102 Å². The summed E-state index contributed by atoms with van der Waals surface area (Å²) < 4.78 is 15.4. The number of nitrogens with one attached hydrogen (secondary N) is 2. The number of fused-ring (bicyclic) bond motifs is 2. The Morgan fingerprint density at radius 2 is 1.82 bits per heavy atom. The molecule has 2 atom stereocenters. The van der Waals surface area contributed by atoms with Crippen LogP contribution < -0.4 is 15.5 Å². The standard InChI is InChI=1S/C38H44FN3OSSe.C5H9NO2.C3H8/c1-5-34(44)25-45-24-32-21-33(16-15-31(32)22-40)42(6-2)18-17-41-23-28-13-14-30(37(39)19-28)20-29-10-7-9-26(3)38(43)36-12-8-11-35(29)27(36)4;1-6-5(8)3-2-4-7;1-3-2/h7-16,19,21,26,34,41,44H,5-6,17-18,20,23-25H2,1-4H3;4H,2-3H2,1H3,(H,6,8);3H2,1-2H3/b9-7?,29-10-;;. The van der Waals surface area contributed by atoms with Crippen LogP contribution >= 0.6 is 12.6 Å². The molecule has 0 fully saturated rings. The van der Waals surface area contributed by atoms with Gasteiger partial charge < -0.3 is 10.1 Å². The first-order valence-electron chi connectivity index (χ1n) is 19.7. The van der Waals surface area contributed by atoms with Crippen LogP contribution in [0.5, 0.6) is 0 Å². The Morgan fingerprint density at radius 3 is 2.46 bits per heavy atom. The van der Waals surface area contributed by atoms with Crippen LogP contribution in [-0.4, -0.2) is 64.9 Å². The van der Waals surface area contributed by atoms with E-state index in [1.54, 1.807) is 13.1 Å². The largest absolute Gasteiger partial charge is 0.359 e. The Bertz CT molecular complexity index is 1820. The van der Waals surface area contributed by atoms with E-state index in [4.69, 9.17) is 0 Å². The average molecular weight is 848 g/mol. The zero-order chi connectivity index (χ0) is 41.5. The molecule has 1 amide bonds. The Labute approximate surface area is 347 Å². The molecule has 0 saturated carbocycles. The molecule has 0 radical (unpaired) electrons. The van der Waals surface area contributed by atoms with E-state index >= 15 is 4.39 Å². The van der Waals surface area contributed by atoms with Crippen molar-refractivity contribution < 1.29 is 18.8 Å². The summed E-state index contributed by atoms with van der Waals surface area (Å²) in [7, 11) is 1.55. The van der Waals surface area contributed by atoms with Crippen LogP contribution in [0.15, 0.2) is 72.8 Å². The molecule has 1 aliphatic rings. The Balaban J connectivity index is 0.000000864. The number of nitrogens with zero attached hydrogens (tertiary/aromatic N) is 2. The molecule has 0 spiro atoms. The quantitative estimate of drug-likeness (QED) is 0.0543. The molecular formula is C46H61FN4O3SSe. The molecule has 302 valence electrons. The summed E-state index contributed by atoms with van der Waals surface area (Å²) in [5.74, 6) is -0.399. The SMILES string of the molecule is CCC.CCC(S)C[Se]Cc1cc(N(CC)CCNCc2ccc(C/C3=C/C=CC(C)C(=O)c4cccc3c4C)c(F)c2)ccc1C#N.CNC(=O)CCC=O. The van der Waals surface area contributed by atoms with Crippen molar-refractivity contribution in [3.05, 3.63) is 118 Å². The summed E-state index contributed by atoms with van der Waals surface area (Å²) in [5, 5.41) is 18.0. The second-order valence-corrected chi connectivity index (χ2v) is 16.6. The summed E-state index contributed by atoms with van der Waals surface area (Å²) in [5.41, 5.74) is 8.22.